The Morgan fingerprint density at radius 3 is 1.30 bits per heavy atom. The molecule has 5 aliphatic heterocycles. The van der Waals surface area contributed by atoms with Gasteiger partial charge in [0.1, 0.15) is 58.8 Å². The maximum absolute atomic E-state index is 11.8. The van der Waals surface area contributed by atoms with Gasteiger partial charge in [0.2, 0.25) is 0 Å². The Balaban J connectivity index is 0.000000190. The first kappa shape index (κ1) is 100. The van der Waals surface area contributed by atoms with Gasteiger partial charge in [0, 0.05) is 75.3 Å². The average molecular weight is 1720 g/mol. The number of benzene rings is 9. The lowest BCUT2D eigenvalue weighted by Crippen LogP contribution is -2.35. The van der Waals surface area contributed by atoms with Crippen molar-refractivity contribution in [1.82, 2.24) is 15.1 Å². The van der Waals surface area contributed by atoms with Crippen molar-refractivity contribution >= 4 is 56.1 Å². The van der Waals surface area contributed by atoms with Gasteiger partial charge in [-0.2, -0.15) is 0 Å². The smallest absolute Gasteiger partial charge is 0.494 e. The van der Waals surface area contributed by atoms with Crippen LogP contribution in [0.3, 0.4) is 0 Å². The molecule has 28 heteroatoms. The maximum Gasteiger partial charge on any atom is 0.519 e. The Morgan fingerprint density at radius 2 is 0.864 bits per heavy atom. The molecule has 0 aliphatic carbocycles. The van der Waals surface area contributed by atoms with Crippen LogP contribution in [0.5, 0.6) is 28.7 Å². The summed E-state index contributed by atoms with van der Waals surface area (Å²) in [6, 6.07) is 74.6. The highest BCUT2D eigenvalue weighted by atomic mass is 16.8. The second kappa shape index (κ2) is 50.7. The fourth-order valence-corrected chi connectivity index (χ4v) is 13.7. The highest BCUT2D eigenvalue weighted by molar-refractivity contribution is 6.65. The van der Waals surface area contributed by atoms with E-state index in [1.807, 2.05) is 148 Å². The number of amides is 1. The Bertz CT molecular complexity index is 4580. The van der Waals surface area contributed by atoms with Crippen molar-refractivity contribution in [3.63, 3.8) is 0 Å². The van der Waals surface area contributed by atoms with Crippen LogP contribution < -0.4 is 56.9 Å². The zero-order chi connectivity index (χ0) is 89.0. The number of hydrogen-bond acceptors (Lipinski definition) is 24. The second-order valence-corrected chi connectivity index (χ2v) is 33.0. The number of ether oxygens (including phenoxy) is 9. The molecule has 0 aromatic heterocycles. The Morgan fingerprint density at radius 1 is 0.464 bits per heavy atom. The zero-order valence-electron chi connectivity index (χ0n) is 73.7. The minimum Gasteiger partial charge on any atom is -0.494 e. The molecule has 8 N–H and O–H groups in total. The third-order valence-corrected chi connectivity index (χ3v) is 19.1. The number of carbonyl (C=O) groups excluding carboxylic acids is 3. The number of nitrogens with zero attached hydrogens (tertiary/aromatic N) is 2. The van der Waals surface area contributed by atoms with Crippen molar-refractivity contribution < 1.29 is 95.5 Å². The zero-order valence-corrected chi connectivity index (χ0v) is 73.7. The Hall–Kier alpha value is -10.3. The van der Waals surface area contributed by atoms with E-state index in [1.54, 1.807) is 41.5 Å². The first-order valence-corrected chi connectivity index (χ1v) is 42.7. The Kier molecular flexibility index (Phi) is 40.6. The maximum atomic E-state index is 11.8. The average Bonchev–Trinajstić information content (AvgIpc) is 1.65. The fraction of sp³-hybridized carbons (Fsp3) is 0.412. The summed E-state index contributed by atoms with van der Waals surface area (Å²) in [4.78, 5) is 38.4. The van der Waals surface area contributed by atoms with Gasteiger partial charge < -0.3 is 97.9 Å². The molecule has 14 rings (SSSR count). The molecule has 0 spiro atoms. The summed E-state index contributed by atoms with van der Waals surface area (Å²) in [5.74, 6) is 3.99. The standard InChI is InChI=1S/C25H28BNO3.C25H29NO2.C15H20BNO5.C11H17NO2.C10H12BNO3.C10H18O5.CH4/c1-2-16-29-23-15-9-14-22-24(30-26(28)25(22)23)19-27(17-20-10-5-3-6-11-20)18-21-12-7-4-8-13-21;1-2-16-28-24-15-9-14-23(17-24)25(27)20-26(18-21-10-5-3-6-11-21)19-22-12-7-4-8-13-22;1-15(2,3)21-14(18)17-9-12-10-5-4-6-11-13(10)16(22-12)20-8-7-19-11;1-2-6-14-10-5-3-4-9(7-10)11(13)8-12;12-6-9-7-2-1-3-8-10(7)11(15-9)14-5-4-13-8;1-9(2,3)14-7(11)13-8(12)15-10(4,5)6;/h3-15,24,28H,2,16-19H2,1H3;3-15,17,25,27H,2,16,18-20H2,1H3;4-6,12H,7-9H2,1-3H3,(H,17,18);3-5,7,11,13H,2,6,8,12H2,1H3;1-3,9H,4-6,12H2;1-6H3;1H4/t24-;25-;12-;11-;9-;;/m10101../s1. The number of rotatable bonds is 27. The van der Waals surface area contributed by atoms with Crippen molar-refractivity contribution in [2.45, 2.75) is 183 Å². The van der Waals surface area contributed by atoms with Gasteiger partial charge in [0.05, 0.1) is 63.6 Å². The minimum absolute atomic E-state index is 0. The largest absolute Gasteiger partial charge is 0.519 e. The summed E-state index contributed by atoms with van der Waals surface area (Å²) in [5, 5.41) is 33.7. The van der Waals surface area contributed by atoms with E-state index in [2.05, 4.69) is 138 Å². The summed E-state index contributed by atoms with van der Waals surface area (Å²) in [6.07, 6.45) is -1.41. The molecule has 0 unspecified atom stereocenters. The lowest BCUT2D eigenvalue weighted by atomic mass is 9.78. The summed E-state index contributed by atoms with van der Waals surface area (Å²) in [6.45, 7) is 31.3. The number of nitrogens with one attached hydrogen (secondary N) is 1. The van der Waals surface area contributed by atoms with Crippen LogP contribution in [0.4, 0.5) is 14.4 Å². The van der Waals surface area contributed by atoms with Gasteiger partial charge >= 0.3 is 39.8 Å². The van der Waals surface area contributed by atoms with Crippen molar-refractivity contribution in [3.8, 4) is 28.7 Å². The molecule has 1 amide bonds. The molecule has 5 heterocycles. The van der Waals surface area contributed by atoms with Crippen LogP contribution in [0.2, 0.25) is 0 Å². The molecular weight excluding hydrogens is 1590 g/mol. The van der Waals surface area contributed by atoms with E-state index in [9.17, 15) is 29.6 Å². The molecule has 670 valence electrons. The van der Waals surface area contributed by atoms with Gasteiger partial charge in [0.25, 0.3) is 0 Å². The number of aliphatic hydroxyl groups is 2. The van der Waals surface area contributed by atoms with E-state index in [4.69, 9.17) is 72.6 Å². The summed E-state index contributed by atoms with van der Waals surface area (Å²) >= 11 is 0. The van der Waals surface area contributed by atoms with Crippen molar-refractivity contribution in [2.24, 2.45) is 11.5 Å². The van der Waals surface area contributed by atoms with E-state index in [-0.39, 0.29) is 39.4 Å². The predicted molar refractivity (Wildman–Crippen MR) is 489 cm³/mol. The monoisotopic (exact) mass is 1720 g/mol. The second-order valence-electron chi connectivity index (χ2n) is 33.0. The fourth-order valence-electron chi connectivity index (χ4n) is 13.7. The van der Waals surface area contributed by atoms with Crippen LogP contribution in [-0.4, -0.2) is 161 Å². The van der Waals surface area contributed by atoms with E-state index in [0.717, 1.165) is 118 Å². The van der Waals surface area contributed by atoms with Crippen molar-refractivity contribution in [1.29, 1.82) is 0 Å². The number of fused-ring (bicyclic) bond motifs is 1. The molecule has 25 nitrogen and oxygen atoms in total. The van der Waals surface area contributed by atoms with Crippen LogP contribution in [0.15, 0.2) is 224 Å². The molecule has 0 saturated carbocycles. The minimum atomic E-state index is -1.06. The van der Waals surface area contributed by atoms with Crippen LogP contribution in [0.25, 0.3) is 0 Å². The number of carbonyl (C=O) groups is 3. The van der Waals surface area contributed by atoms with Crippen LogP contribution in [0, 0.1) is 0 Å². The first-order chi connectivity index (χ1) is 59.6. The Labute approximate surface area is 739 Å². The van der Waals surface area contributed by atoms with Gasteiger partial charge in [-0.15, -0.1) is 0 Å². The van der Waals surface area contributed by atoms with Gasteiger partial charge in [-0.05, 0) is 174 Å². The molecule has 9 aromatic rings. The molecule has 0 fully saturated rings. The van der Waals surface area contributed by atoms with Gasteiger partial charge in [0.15, 0.2) is 0 Å². The van der Waals surface area contributed by atoms with Gasteiger partial charge in [-0.1, -0.05) is 210 Å². The molecule has 5 atom stereocenters. The molecule has 0 radical (unpaired) electrons. The van der Waals surface area contributed by atoms with Crippen molar-refractivity contribution in [3.05, 3.63) is 275 Å². The number of aliphatic hydroxyl groups excluding tert-OH is 2. The summed E-state index contributed by atoms with van der Waals surface area (Å²) in [7, 11) is -1.68. The number of nitrogens with two attached hydrogens (primary N) is 2. The highest BCUT2D eigenvalue weighted by Gasteiger charge is 2.43. The number of alkyl carbamates (subject to hydrolysis) is 1. The van der Waals surface area contributed by atoms with Crippen LogP contribution in [-0.2, 0) is 68.4 Å². The third kappa shape index (κ3) is 33.5. The summed E-state index contributed by atoms with van der Waals surface area (Å²) < 4.78 is 76.1. The number of hydrogen-bond donors (Lipinski definition) is 6. The third-order valence-electron chi connectivity index (χ3n) is 19.1. The SMILES string of the molecule is C.CC(C)(C)OC(=O)NC[C@H]1OB2OCCOc3cccc1c32.CC(C)(C)OC(=O)OC(=O)OC(C)(C)C.CCCOc1cccc([C@@H](O)CN(Cc2ccccc2)Cc2ccccc2)c1.CCCOc1cccc([C@@H](O)CN)c1.CCCOc1cccc2c1B(O)O[C@@H]2CN(Cc1ccccc1)Cc1ccccc1.NC[C@H]1OB2OCCOc3cccc1c32. The normalized spacial score (nSPS) is 15.5. The molecule has 0 bridgehead atoms. The van der Waals surface area contributed by atoms with Crippen LogP contribution >= 0.6 is 0 Å². The van der Waals surface area contributed by atoms with E-state index < -0.39 is 61.7 Å². The van der Waals surface area contributed by atoms with Gasteiger partial charge in [-0.3, -0.25) is 9.80 Å². The molecule has 125 heavy (non-hydrogen) atoms. The summed E-state index contributed by atoms with van der Waals surface area (Å²) in [5.41, 5.74) is 21.6. The lowest BCUT2D eigenvalue weighted by Gasteiger charge is -2.26. The van der Waals surface area contributed by atoms with Gasteiger partial charge in [-0.25, -0.2) is 14.4 Å². The first-order valence-electron chi connectivity index (χ1n) is 42.7. The molecule has 9 aromatic carbocycles. The predicted octanol–water partition coefficient (Wildman–Crippen LogP) is 15.3. The van der Waals surface area contributed by atoms with Crippen molar-refractivity contribution in [2.75, 3.05) is 79.0 Å². The van der Waals surface area contributed by atoms with E-state index in [0.29, 0.717) is 72.4 Å². The quantitative estimate of drug-likeness (QED) is 0.0121. The highest BCUT2D eigenvalue weighted by Crippen LogP contribution is 2.34. The molecule has 0 saturated heterocycles. The van der Waals surface area contributed by atoms with E-state index >= 15 is 0 Å². The molecular formula is C97H128B3N5O20. The molecule has 5 aliphatic rings. The lowest BCUT2D eigenvalue weighted by molar-refractivity contribution is -0.0294. The topological polar surface area (TPSA) is 312 Å². The van der Waals surface area contributed by atoms with E-state index in [1.165, 1.54) is 22.3 Å². The van der Waals surface area contributed by atoms with Crippen LogP contribution in [0.1, 0.15) is 190 Å².